The molecule has 2 heterocycles. The van der Waals surface area contributed by atoms with Gasteiger partial charge in [0.1, 0.15) is 16.4 Å². The minimum atomic E-state index is -3.52. The van der Waals surface area contributed by atoms with Crippen molar-refractivity contribution in [1.29, 1.82) is 0 Å². The fraction of sp³-hybridized carbons (Fsp3) is 0.333. The molecule has 2 aromatic carbocycles. The van der Waals surface area contributed by atoms with Crippen molar-refractivity contribution >= 4 is 15.7 Å². The van der Waals surface area contributed by atoms with E-state index in [4.69, 9.17) is 0 Å². The van der Waals surface area contributed by atoms with Crippen LogP contribution in [0.4, 0.5) is 10.1 Å². The molecule has 0 amide bonds. The minimum Gasteiger partial charge on any atom is -0.365 e. The van der Waals surface area contributed by atoms with Gasteiger partial charge in [-0.25, -0.2) is 12.8 Å². The summed E-state index contributed by atoms with van der Waals surface area (Å²) in [6.45, 7) is 1.91. The van der Waals surface area contributed by atoms with Crippen LogP contribution in [0.25, 0.3) is 0 Å². The van der Waals surface area contributed by atoms with E-state index < -0.39 is 15.7 Å². The van der Waals surface area contributed by atoms with Crippen molar-refractivity contribution < 1.29 is 12.8 Å². The van der Waals surface area contributed by atoms with Crippen molar-refractivity contribution in [3.63, 3.8) is 0 Å². The summed E-state index contributed by atoms with van der Waals surface area (Å²) in [6, 6.07) is 13.7. The van der Waals surface area contributed by atoms with Gasteiger partial charge in [-0.05, 0) is 31.0 Å². The lowest BCUT2D eigenvalue weighted by Crippen LogP contribution is -2.61. The van der Waals surface area contributed by atoms with Gasteiger partial charge in [0.2, 0.25) is 10.0 Å². The van der Waals surface area contributed by atoms with Crippen LogP contribution < -0.4 is 10.0 Å². The van der Waals surface area contributed by atoms with Gasteiger partial charge in [-0.15, -0.1) is 0 Å². The third-order valence-electron chi connectivity index (χ3n) is 4.94. The van der Waals surface area contributed by atoms with Crippen molar-refractivity contribution in [3.05, 3.63) is 59.9 Å². The van der Waals surface area contributed by atoms with Crippen LogP contribution in [-0.2, 0) is 16.6 Å². The van der Waals surface area contributed by atoms with Gasteiger partial charge >= 0.3 is 0 Å². The third-order valence-corrected chi connectivity index (χ3v) is 6.54. The highest BCUT2D eigenvalue weighted by molar-refractivity contribution is 7.89. The second kappa shape index (κ2) is 6.09. The van der Waals surface area contributed by atoms with Gasteiger partial charge in [0.25, 0.3) is 0 Å². The molecule has 132 valence electrons. The number of likely N-dealkylation sites (tertiary alicyclic amines) is 1. The smallest absolute Gasteiger partial charge is 0.244 e. The third kappa shape index (κ3) is 3.15. The molecular formula is C18H20FN3O2S. The number of para-hydroxylation sites is 1. The number of rotatable bonds is 2. The average molecular weight is 361 g/mol. The van der Waals surface area contributed by atoms with Crippen LogP contribution in [0.2, 0.25) is 0 Å². The Morgan fingerprint density at radius 3 is 2.48 bits per heavy atom. The zero-order chi connectivity index (χ0) is 17.5. The number of hydrogen-bond acceptors (Lipinski definition) is 4. The summed E-state index contributed by atoms with van der Waals surface area (Å²) < 4.78 is 41.7. The number of hydrogen-bond donors (Lipinski definition) is 2. The molecule has 2 N–H and O–H groups in total. The van der Waals surface area contributed by atoms with Crippen LogP contribution in [0.1, 0.15) is 18.4 Å². The molecule has 7 heteroatoms. The lowest BCUT2D eigenvalue weighted by Gasteiger charge is -2.45. The monoisotopic (exact) mass is 361 g/mol. The van der Waals surface area contributed by atoms with E-state index in [1.165, 1.54) is 6.07 Å². The van der Waals surface area contributed by atoms with Crippen LogP contribution >= 0.6 is 0 Å². The summed E-state index contributed by atoms with van der Waals surface area (Å²) in [4.78, 5) is 2.44. The van der Waals surface area contributed by atoms with Crippen LogP contribution in [0, 0.1) is 5.82 Å². The van der Waals surface area contributed by atoms with Crippen LogP contribution in [-0.4, -0.2) is 32.1 Å². The number of sulfonamides is 1. The molecule has 0 aromatic heterocycles. The first kappa shape index (κ1) is 16.5. The predicted octanol–water partition coefficient (Wildman–Crippen LogP) is 2.52. The van der Waals surface area contributed by atoms with E-state index in [1.54, 1.807) is 30.3 Å². The van der Waals surface area contributed by atoms with Gasteiger partial charge < -0.3 is 5.32 Å². The van der Waals surface area contributed by atoms with Gasteiger partial charge in [-0.3, -0.25) is 4.90 Å². The Morgan fingerprint density at radius 1 is 1.04 bits per heavy atom. The maximum absolute atomic E-state index is 13.8. The van der Waals surface area contributed by atoms with Crippen LogP contribution in [0.3, 0.4) is 0 Å². The zero-order valence-corrected chi connectivity index (χ0v) is 14.5. The lowest BCUT2D eigenvalue weighted by molar-refractivity contribution is 0.157. The van der Waals surface area contributed by atoms with Crippen molar-refractivity contribution in [2.45, 2.75) is 29.9 Å². The number of piperidine rings is 1. The van der Waals surface area contributed by atoms with Crippen LogP contribution in [0.5, 0.6) is 0 Å². The van der Waals surface area contributed by atoms with Gasteiger partial charge in [0.15, 0.2) is 0 Å². The van der Waals surface area contributed by atoms with Crippen molar-refractivity contribution in [1.82, 2.24) is 9.62 Å². The van der Waals surface area contributed by atoms with Crippen molar-refractivity contribution in [2.75, 3.05) is 18.4 Å². The molecule has 0 radical (unpaired) electrons. The van der Waals surface area contributed by atoms with E-state index in [9.17, 15) is 12.8 Å². The number of anilines is 1. The van der Waals surface area contributed by atoms with E-state index >= 15 is 0 Å². The highest BCUT2D eigenvalue weighted by atomic mass is 32.2. The Labute approximate surface area is 146 Å². The maximum atomic E-state index is 13.8. The lowest BCUT2D eigenvalue weighted by atomic mass is 9.96. The summed E-state index contributed by atoms with van der Waals surface area (Å²) in [6.07, 6.45) is 1.24. The number of halogens is 1. The summed E-state index contributed by atoms with van der Waals surface area (Å²) in [7, 11) is -3.52. The molecule has 1 saturated heterocycles. The summed E-state index contributed by atoms with van der Waals surface area (Å²) in [5, 5.41) is 3.37. The molecule has 1 fully saturated rings. The number of benzene rings is 2. The second-order valence-corrected chi connectivity index (χ2v) is 8.33. The summed E-state index contributed by atoms with van der Waals surface area (Å²) in [5.41, 5.74) is 0.642. The summed E-state index contributed by atoms with van der Waals surface area (Å²) >= 11 is 0. The Balaban J connectivity index is 1.50. The SMILES string of the molecule is O=S1(=O)NC2(CCN(Cc3ccccc3F)CC2)Nc2ccccc21. The molecular weight excluding hydrogens is 341 g/mol. The molecule has 2 aliphatic heterocycles. The molecule has 0 unspecified atom stereocenters. The van der Waals surface area contributed by atoms with Gasteiger partial charge in [0.05, 0.1) is 5.69 Å². The van der Waals surface area contributed by atoms with E-state index in [0.717, 1.165) is 0 Å². The van der Waals surface area contributed by atoms with Crippen molar-refractivity contribution in [2.24, 2.45) is 0 Å². The molecule has 0 aliphatic carbocycles. The van der Waals surface area contributed by atoms with Gasteiger partial charge in [-0.2, -0.15) is 4.72 Å². The van der Waals surface area contributed by atoms with E-state index in [0.29, 0.717) is 43.7 Å². The second-order valence-electron chi connectivity index (χ2n) is 6.68. The number of nitrogens with zero attached hydrogens (tertiary/aromatic N) is 1. The Kier molecular flexibility index (Phi) is 4.02. The molecule has 0 bridgehead atoms. The highest BCUT2D eigenvalue weighted by Gasteiger charge is 2.42. The molecule has 1 spiro atoms. The summed E-state index contributed by atoms with van der Waals surface area (Å²) in [5.74, 6) is -0.201. The average Bonchev–Trinajstić information content (AvgIpc) is 2.58. The number of nitrogens with one attached hydrogen (secondary N) is 2. The quantitative estimate of drug-likeness (QED) is 0.863. The van der Waals surface area contributed by atoms with Gasteiger partial charge in [-0.1, -0.05) is 30.3 Å². The molecule has 2 aromatic rings. The first-order chi connectivity index (χ1) is 12.0. The highest BCUT2D eigenvalue weighted by Crippen LogP contribution is 2.35. The zero-order valence-electron chi connectivity index (χ0n) is 13.7. The molecule has 0 atom stereocenters. The first-order valence-corrected chi connectivity index (χ1v) is 9.83. The Bertz CT molecular complexity index is 893. The minimum absolute atomic E-state index is 0.201. The van der Waals surface area contributed by atoms with E-state index in [1.807, 2.05) is 12.1 Å². The molecule has 2 aliphatic rings. The van der Waals surface area contributed by atoms with E-state index in [-0.39, 0.29) is 10.7 Å². The molecule has 5 nitrogen and oxygen atoms in total. The predicted molar refractivity (Wildman–Crippen MR) is 94.0 cm³/mol. The van der Waals surface area contributed by atoms with Crippen LogP contribution in [0.15, 0.2) is 53.4 Å². The van der Waals surface area contributed by atoms with Crippen molar-refractivity contribution in [3.8, 4) is 0 Å². The molecule has 0 saturated carbocycles. The standard InChI is InChI=1S/C18H20FN3O2S/c19-15-6-2-1-5-14(15)13-22-11-9-18(10-12-22)20-16-7-3-4-8-17(16)25(23,24)21-18/h1-8,20-21H,9-13H2. The first-order valence-electron chi connectivity index (χ1n) is 8.34. The maximum Gasteiger partial charge on any atom is 0.244 e. The fourth-order valence-electron chi connectivity index (χ4n) is 3.59. The largest absolute Gasteiger partial charge is 0.365 e. The normalized spacial score (nSPS) is 21.5. The number of fused-ring (bicyclic) bond motifs is 1. The molecule has 25 heavy (non-hydrogen) atoms. The molecule has 4 rings (SSSR count). The van der Waals surface area contributed by atoms with E-state index in [2.05, 4.69) is 14.9 Å². The topological polar surface area (TPSA) is 61.4 Å². The Morgan fingerprint density at radius 2 is 1.72 bits per heavy atom. The fourth-order valence-corrected chi connectivity index (χ4v) is 5.13. The van der Waals surface area contributed by atoms with Gasteiger partial charge in [0, 0.05) is 25.2 Å². The Hall–Kier alpha value is -1.96.